The fourth-order valence-corrected chi connectivity index (χ4v) is 0.364. The zero-order valence-electron chi connectivity index (χ0n) is 5.87. The second-order valence-electron chi connectivity index (χ2n) is 1.80. The van der Waals surface area contributed by atoms with Crippen molar-refractivity contribution in [3.63, 3.8) is 0 Å². The molecule has 0 aromatic rings. The Hall–Kier alpha value is -1.18. The van der Waals surface area contributed by atoms with E-state index in [1.54, 1.807) is 0 Å². The summed E-state index contributed by atoms with van der Waals surface area (Å²) in [5.74, 6) is 0.0878. The predicted molar refractivity (Wildman–Crippen MR) is 36.0 cm³/mol. The normalized spacial score (nSPS) is 12.5. The van der Waals surface area contributed by atoms with E-state index in [0.717, 1.165) is 0 Å². The zero-order valence-corrected chi connectivity index (χ0v) is 5.87. The highest BCUT2D eigenvalue weighted by Gasteiger charge is 2.26. The highest BCUT2D eigenvalue weighted by molar-refractivity contribution is 5.80. The topological polar surface area (TPSA) is 24.4 Å². The number of hydrogen-bond donors (Lipinski definition) is 1. The summed E-state index contributed by atoms with van der Waals surface area (Å²) >= 11 is 0. The van der Waals surface area contributed by atoms with Gasteiger partial charge in [-0.3, -0.25) is 0 Å². The van der Waals surface area contributed by atoms with Crippen LogP contribution in [0.1, 0.15) is 6.92 Å². The maximum atomic E-state index is 11.5. The Kier molecular flexibility index (Phi) is 3.45. The van der Waals surface area contributed by atoms with Crippen molar-refractivity contribution in [1.82, 2.24) is 5.32 Å². The van der Waals surface area contributed by atoms with E-state index in [9.17, 15) is 13.2 Å². The van der Waals surface area contributed by atoms with Crippen LogP contribution in [-0.2, 0) is 0 Å². The van der Waals surface area contributed by atoms with Crippen molar-refractivity contribution >= 4 is 5.84 Å². The van der Waals surface area contributed by atoms with Crippen molar-refractivity contribution < 1.29 is 13.2 Å². The van der Waals surface area contributed by atoms with Gasteiger partial charge in [0.05, 0.1) is 0 Å². The van der Waals surface area contributed by atoms with E-state index in [1.165, 1.54) is 6.92 Å². The first kappa shape index (κ1) is 9.82. The SMILES string of the molecule is C#CN=C(C)NCC(F)(F)F. The quantitative estimate of drug-likeness (QED) is 0.351. The lowest BCUT2D eigenvalue weighted by atomic mass is 10.5. The minimum Gasteiger partial charge on any atom is -0.364 e. The highest BCUT2D eigenvalue weighted by atomic mass is 19.4. The minimum atomic E-state index is -4.23. The van der Waals surface area contributed by atoms with Gasteiger partial charge in [0.25, 0.3) is 0 Å². The molecule has 5 heteroatoms. The van der Waals surface area contributed by atoms with Crippen LogP contribution in [0.4, 0.5) is 13.2 Å². The second kappa shape index (κ2) is 3.86. The predicted octanol–water partition coefficient (Wildman–Crippen LogP) is 1.15. The van der Waals surface area contributed by atoms with Crippen LogP contribution in [0.25, 0.3) is 0 Å². The van der Waals surface area contributed by atoms with Crippen LogP contribution in [0.15, 0.2) is 4.99 Å². The number of nitrogens with one attached hydrogen (secondary N) is 1. The van der Waals surface area contributed by atoms with E-state index >= 15 is 0 Å². The average molecular weight is 164 g/mol. The molecule has 62 valence electrons. The molecule has 0 atom stereocenters. The molecule has 0 rings (SSSR count). The zero-order chi connectivity index (χ0) is 8.91. The lowest BCUT2D eigenvalue weighted by Crippen LogP contribution is -2.32. The molecule has 0 unspecified atom stereocenters. The first-order valence-electron chi connectivity index (χ1n) is 2.76. The van der Waals surface area contributed by atoms with Crippen molar-refractivity contribution in [2.24, 2.45) is 4.99 Å². The third-order valence-electron chi connectivity index (χ3n) is 0.777. The number of alkyl halides is 3. The lowest BCUT2D eigenvalue weighted by Gasteiger charge is -2.07. The summed E-state index contributed by atoms with van der Waals surface area (Å²) in [7, 11) is 0. The maximum Gasteiger partial charge on any atom is 0.405 e. The van der Waals surface area contributed by atoms with E-state index in [4.69, 9.17) is 6.42 Å². The van der Waals surface area contributed by atoms with Crippen molar-refractivity contribution in [2.75, 3.05) is 6.54 Å². The van der Waals surface area contributed by atoms with Crippen LogP contribution >= 0.6 is 0 Å². The first-order chi connectivity index (χ1) is 4.95. The molecular weight excluding hydrogens is 157 g/mol. The monoisotopic (exact) mass is 164 g/mol. The molecule has 0 saturated heterocycles. The minimum absolute atomic E-state index is 0.0878. The van der Waals surface area contributed by atoms with Crippen molar-refractivity contribution in [2.45, 2.75) is 13.1 Å². The summed E-state index contributed by atoms with van der Waals surface area (Å²) in [4.78, 5) is 3.26. The molecule has 1 N–H and O–H groups in total. The Morgan fingerprint density at radius 3 is 2.55 bits per heavy atom. The molecular formula is C6H7F3N2. The van der Waals surface area contributed by atoms with E-state index in [0.29, 0.717) is 0 Å². The Morgan fingerprint density at radius 2 is 2.18 bits per heavy atom. The number of amidine groups is 1. The Labute approximate surface area is 62.5 Å². The molecule has 0 aromatic heterocycles. The number of hydrogen-bond acceptors (Lipinski definition) is 1. The molecule has 0 bridgehead atoms. The van der Waals surface area contributed by atoms with E-state index < -0.39 is 12.7 Å². The van der Waals surface area contributed by atoms with Gasteiger partial charge in [-0.15, -0.1) is 0 Å². The van der Waals surface area contributed by atoms with E-state index in [-0.39, 0.29) is 5.84 Å². The Balaban J connectivity index is 3.74. The van der Waals surface area contributed by atoms with Crippen molar-refractivity contribution in [3.05, 3.63) is 0 Å². The van der Waals surface area contributed by atoms with Crippen LogP contribution in [0.3, 0.4) is 0 Å². The van der Waals surface area contributed by atoms with Crippen molar-refractivity contribution in [1.29, 1.82) is 0 Å². The smallest absolute Gasteiger partial charge is 0.364 e. The molecule has 0 spiro atoms. The number of halogens is 3. The van der Waals surface area contributed by atoms with Crippen LogP contribution in [-0.4, -0.2) is 18.6 Å². The van der Waals surface area contributed by atoms with Gasteiger partial charge in [0.15, 0.2) is 0 Å². The van der Waals surface area contributed by atoms with Gasteiger partial charge < -0.3 is 5.32 Å². The third-order valence-corrected chi connectivity index (χ3v) is 0.777. The number of aliphatic imine (C=N–C) groups is 1. The van der Waals surface area contributed by atoms with Crippen LogP contribution in [0, 0.1) is 12.5 Å². The third kappa shape index (κ3) is 6.71. The van der Waals surface area contributed by atoms with Crippen LogP contribution < -0.4 is 5.32 Å². The lowest BCUT2D eigenvalue weighted by molar-refractivity contribution is -0.122. The molecule has 0 amide bonds. The van der Waals surface area contributed by atoms with Gasteiger partial charge in [-0.25, -0.2) is 0 Å². The molecule has 0 saturated carbocycles. The average Bonchev–Trinajstić information content (AvgIpc) is 1.83. The highest BCUT2D eigenvalue weighted by Crippen LogP contribution is 2.11. The number of rotatable bonds is 1. The van der Waals surface area contributed by atoms with Gasteiger partial charge in [0.1, 0.15) is 12.4 Å². The summed E-state index contributed by atoms with van der Waals surface area (Å²) in [6, 6.07) is 1.86. The number of terminal acetylenes is 1. The van der Waals surface area contributed by atoms with Gasteiger partial charge in [-0.2, -0.15) is 18.2 Å². The van der Waals surface area contributed by atoms with Crippen LogP contribution in [0.5, 0.6) is 0 Å². The van der Waals surface area contributed by atoms with Gasteiger partial charge >= 0.3 is 6.18 Å². The van der Waals surface area contributed by atoms with Gasteiger partial charge in [-0.05, 0) is 6.92 Å². The molecule has 2 nitrogen and oxygen atoms in total. The second-order valence-corrected chi connectivity index (χ2v) is 1.80. The standard InChI is InChI=1S/C6H7F3N2/c1-3-10-5(2)11-4-6(7,8)9/h1H,4H2,2H3,(H,10,11). The fraction of sp³-hybridized carbons (Fsp3) is 0.500. The number of nitrogens with zero attached hydrogens (tertiary/aromatic N) is 1. The molecule has 0 aliphatic rings. The fourth-order valence-electron chi connectivity index (χ4n) is 0.364. The molecule has 0 fully saturated rings. The first-order valence-corrected chi connectivity index (χ1v) is 2.76. The van der Waals surface area contributed by atoms with Gasteiger partial charge in [0, 0.05) is 6.04 Å². The van der Waals surface area contributed by atoms with Gasteiger partial charge in [0.2, 0.25) is 0 Å². The van der Waals surface area contributed by atoms with Crippen molar-refractivity contribution in [3.8, 4) is 12.5 Å². The maximum absolute atomic E-state index is 11.5. The van der Waals surface area contributed by atoms with Crippen LogP contribution in [0.2, 0.25) is 0 Å². The molecule has 0 aromatic carbocycles. The molecule has 0 aliphatic carbocycles. The largest absolute Gasteiger partial charge is 0.405 e. The van der Waals surface area contributed by atoms with Gasteiger partial charge in [-0.1, -0.05) is 6.42 Å². The molecule has 0 heterocycles. The Bertz CT molecular complexity index is 187. The molecule has 0 radical (unpaired) electrons. The van der Waals surface area contributed by atoms with E-state index in [1.807, 2.05) is 11.4 Å². The Morgan fingerprint density at radius 1 is 1.64 bits per heavy atom. The summed E-state index contributed by atoms with van der Waals surface area (Å²) in [5, 5.41) is 2.01. The molecule has 11 heavy (non-hydrogen) atoms. The summed E-state index contributed by atoms with van der Waals surface area (Å²) < 4.78 is 34.5. The van der Waals surface area contributed by atoms with E-state index in [2.05, 4.69) is 4.99 Å². The molecule has 0 aliphatic heterocycles. The summed E-state index contributed by atoms with van der Waals surface area (Å²) in [6.07, 6.45) is 0.479. The summed E-state index contributed by atoms with van der Waals surface area (Å²) in [5.41, 5.74) is 0. The summed E-state index contributed by atoms with van der Waals surface area (Å²) in [6.45, 7) is 0.260.